The molecule has 1 aromatic rings. The van der Waals surface area contributed by atoms with E-state index in [1.165, 1.54) is 11.0 Å². The van der Waals surface area contributed by atoms with Crippen molar-refractivity contribution in [2.24, 2.45) is 7.05 Å². The molecule has 0 atom stereocenters. The van der Waals surface area contributed by atoms with Crippen molar-refractivity contribution in [3.8, 4) is 0 Å². The number of rotatable bonds is 1. The largest absolute Gasteiger partial charge is 0.291 e. The summed E-state index contributed by atoms with van der Waals surface area (Å²) in [5.41, 5.74) is 0. The second-order valence-corrected chi connectivity index (χ2v) is 1.86. The van der Waals surface area contributed by atoms with Gasteiger partial charge in [-0.3, -0.25) is 9.48 Å². The minimum Gasteiger partial charge on any atom is -0.272 e. The SMILES string of the molecule is Cn1cnc(C(=O)Cl)n1. The first-order chi connectivity index (χ1) is 4.20. The third-order valence-corrected chi connectivity index (χ3v) is 0.944. The number of nitrogens with zero attached hydrogens (tertiary/aromatic N) is 3. The molecule has 0 amide bonds. The summed E-state index contributed by atoms with van der Waals surface area (Å²) in [5.74, 6) is 0.0409. The van der Waals surface area contributed by atoms with Crippen LogP contribution < -0.4 is 0 Å². The molecule has 0 aliphatic heterocycles. The molecular formula is C4H4ClN3O. The van der Waals surface area contributed by atoms with Crippen LogP contribution in [0.15, 0.2) is 6.33 Å². The highest BCUT2D eigenvalue weighted by molar-refractivity contribution is 6.67. The summed E-state index contributed by atoms with van der Waals surface area (Å²) in [6, 6.07) is 0. The summed E-state index contributed by atoms with van der Waals surface area (Å²) in [5, 5.41) is 3.01. The fourth-order valence-electron chi connectivity index (χ4n) is 0.429. The van der Waals surface area contributed by atoms with Gasteiger partial charge in [-0.2, -0.15) is 0 Å². The van der Waals surface area contributed by atoms with Gasteiger partial charge in [-0.05, 0) is 11.6 Å². The Kier molecular flexibility index (Phi) is 1.48. The predicted octanol–water partition coefficient (Wildman–Crippen LogP) is 0.194. The standard InChI is InChI=1S/C4H4ClN3O/c1-8-2-6-4(7-8)3(5)9/h2H,1H3. The van der Waals surface area contributed by atoms with Gasteiger partial charge in [0.15, 0.2) is 0 Å². The molecule has 0 saturated carbocycles. The van der Waals surface area contributed by atoms with Crippen LogP contribution in [0.1, 0.15) is 10.6 Å². The van der Waals surface area contributed by atoms with Crippen LogP contribution in [0.3, 0.4) is 0 Å². The lowest BCUT2D eigenvalue weighted by Gasteiger charge is -1.79. The van der Waals surface area contributed by atoms with E-state index in [1.807, 2.05) is 0 Å². The molecule has 0 aromatic carbocycles. The number of hydrogen-bond donors (Lipinski definition) is 0. The molecule has 0 aliphatic rings. The maximum absolute atomic E-state index is 10.3. The molecular weight excluding hydrogens is 142 g/mol. The molecule has 1 heterocycles. The van der Waals surface area contributed by atoms with E-state index in [-0.39, 0.29) is 5.82 Å². The molecule has 0 fully saturated rings. The molecule has 4 nitrogen and oxygen atoms in total. The minimum absolute atomic E-state index is 0.0409. The highest BCUT2D eigenvalue weighted by Gasteiger charge is 2.04. The molecule has 1 rings (SSSR count). The monoisotopic (exact) mass is 145 g/mol. The zero-order chi connectivity index (χ0) is 6.85. The van der Waals surface area contributed by atoms with Gasteiger partial charge in [0, 0.05) is 7.05 Å². The van der Waals surface area contributed by atoms with Crippen LogP contribution in [0.5, 0.6) is 0 Å². The fraction of sp³-hybridized carbons (Fsp3) is 0.250. The molecule has 1 aromatic heterocycles. The van der Waals surface area contributed by atoms with E-state index in [4.69, 9.17) is 11.6 Å². The molecule has 0 N–H and O–H groups in total. The molecule has 0 unspecified atom stereocenters. The van der Waals surface area contributed by atoms with Crippen LogP contribution in [0, 0.1) is 0 Å². The van der Waals surface area contributed by atoms with E-state index in [0.29, 0.717) is 0 Å². The summed E-state index contributed by atoms with van der Waals surface area (Å²) >= 11 is 5.04. The lowest BCUT2D eigenvalue weighted by atomic mass is 10.7. The molecule has 0 spiro atoms. The van der Waals surface area contributed by atoms with E-state index in [9.17, 15) is 4.79 Å². The van der Waals surface area contributed by atoms with Gasteiger partial charge < -0.3 is 0 Å². The quantitative estimate of drug-likeness (QED) is 0.531. The number of aromatic nitrogens is 3. The van der Waals surface area contributed by atoms with Gasteiger partial charge in [0.1, 0.15) is 6.33 Å². The van der Waals surface area contributed by atoms with Crippen LogP contribution in [0.2, 0.25) is 0 Å². The Labute approximate surface area is 56.5 Å². The van der Waals surface area contributed by atoms with Crippen LogP contribution in [-0.4, -0.2) is 20.0 Å². The predicted molar refractivity (Wildman–Crippen MR) is 31.2 cm³/mol. The van der Waals surface area contributed by atoms with Gasteiger partial charge >= 0.3 is 0 Å². The third kappa shape index (κ3) is 1.26. The van der Waals surface area contributed by atoms with Crippen molar-refractivity contribution in [3.05, 3.63) is 12.2 Å². The van der Waals surface area contributed by atoms with Crippen LogP contribution >= 0.6 is 11.6 Å². The molecule has 0 bridgehead atoms. The smallest absolute Gasteiger partial charge is 0.272 e. The van der Waals surface area contributed by atoms with E-state index >= 15 is 0 Å². The summed E-state index contributed by atoms with van der Waals surface area (Å²) in [4.78, 5) is 13.9. The highest BCUT2D eigenvalue weighted by Crippen LogP contribution is 1.92. The number of carbonyl (C=O) groups excluding carboxylic acids is 1. The fourth-order valence-corrected chi connectivity index (χ4v) is 0.516. The Balaban J connectivity index is 2.98. The van der Waals surface area contributed by atoms with Crippen LogP contribution in [-0.2, 0) is 7.05 Å². The van der Waals surface area contributed by atoms with Gasteiger partial charge in [0.05, 0.1) is 0 Å². The van der Waals surface area contributed by atoms with Crippen molar-refractivity contribution in [2.75, 3.05) is 0 Å². The first kappa shape index (κ1) is 6.22. The molecule has 0 radical (unpaired) electrons. The molecule has 0 saturated heterocycles. The first-order valence-electron chi connectivity index (χ1n) is 2.25. The number of carbonyl (C=O) groups is 1. The van der Waals surface area contributed by atoms with Gasteiger partial charge in [-0.25, -0.2) is 4.98 Å². The van der Waals surface area contributed by atoms with Crippen molar-refractivity contribution in [1.29, 1.82) is 0 Å². The Morgan fingerprint density at radius 1 is 1.89 bits per heavy atom. The van der Waals surface area contributed by atoms with Crippen LogP contribution in [0.25, 0.3) is 0 Å². The van der Waals surface area contributed by atoms with Crippen molar-refractivity contribution >= 4 is 16.8 Å². The van der Waals surface area contributed by atoms with Gasteiger partial charge in [-0.15, -0.1) is 5.10 Å². The Bertz CT molecular complexity index is 231. The lowest BCUT2D eigenvalue weighted by Crippen LogP contribution is -1.94. The van der Waals surface area contributed by atoms with E-state index in [1.54, 1.807) is 7.05 Å². The molecule has 9 heavy (non-hydrogen) atoms. The number of halogens is 1. The van der Waals surface area contributed by atoms with Crippen molar-refractivity contribution < 1.29 is 4.79 Å². The summed E-state index contributed by atoms with van der Waals surface area (Å²) < 4.78 is 1.41. The van der Waals surface area contributed by atoms with Crippen molar-refractivity contribution in [2.45, 2.75) is 0 Å². The average Bonchev–Trinajstić information content (AvgIpc) is 2.14. The van der Waals surface area contributed by atoms with Crippen molar-refractivity contribution in [3.63, 3.8) is 0 Å². The van der Waals surface area contributed by atoms with E-state index in [0.717, 1.165) is 0 Å². The van der Waals surface area contributed by atoms with Gasteiger partial charge in [0.25, 0.3) is 5.24 Å². The lowest BCUT2D eigenvalue weighted by molar-refractivity contribution is 0.107. The van der Waals surface area contributed by atoms with Crippen LogP contribution in [0.4, 0.5) is 0 Å². The molecule has 48 valence electrons. The highest BCUT2D eigenvalue weighted by atomic mass is 35.5. The maximum Gasteiger partial charge on any atom is 0.291 e. The second-order valence-electron chi connectivity index (χ2n) is 1.52. The Morgan fingerprint density at radius 2 is 2.56 bits per heavy atom. The maximum atomic E-state index is 10.3. The molecule has 0 aliphatic carbocycles. The zero-order valence-electron chi connectivity index (χ0n) is 4.71. The van der Waals surface area contributed by atoms with E-state index in [2.05, 4.69) is 10.1 Å². The topological polar surface area (TPSA) is 47.8 Å². The molecule has 5 heteroatoms. The third-order valence-electron chi connectivity index (χ3n) is 0.775. The Hall–Kier alpha value is -0.900. The van der Waals surface area contributed by atoms with Crippen molar-refractivity contribution in [1.82, 2.24) is 14.8 Å². The Morgan fingerprint density at radius 3 is 2.78 bits per heavy atom. The summed E-state index contributed by atoms with van der Waals surface area (Å²) in [7, 11) is 1.66. The normalized spacial score (nSPS) is 9.56. The number of aryl methyl sites for hydroxylation is 1. The number of hydrogen-bond acceptors (Lipinski definition) is 3. The first-order valence-corrected chi connectivity index (χ1v) is 2.63. The summed E-state index contributed by atoms with van der Waals surface area (Å²) in [6.07, 6.45) is 1.41. The minimum atomic E-state index is -0.629. The van der Waals surface area contributed by atoms with Gasteiger partial charge in [-0.1, -0.05) is 0 Å². The second kappa shape index (κ2) is 2.14. The van der Waals surface area contributed by atoms with Gasteiger partial charge in [0.2, 0.25) is 5.82 Å². The summed E-state index contributed by atoms with van der Waals surface area (Å²) in [6.45, 7) is 0. The average molecular weight is 146 g/mol. The zero-order valence-corrected chi connectivity index (χ0v) is 5.46. The van der Waals surface area contributed by atoms with E-state index < -0.39 is 5.24 Å².